The monoisotopic (exact) mass is 494 g/mol. The SMILES string of the molecule is CC(=O)NC1(C(=O)NC(C)(C)C)CN2CCN(C(=O)O)CC2C1CCCB1OC(C)(C)C(C)(C)O1. The number of amides is 3. The second-order valence-corrected chi connectivity index (χ2v) is 12.3. The molecular formula is C24H43BN4O6. The molecule has 3 fully saturated rings. The topological polar surface area (TPSA) is 120 Å². The summed E-state index contributed by atoms with van der Waals surface area (Å²) < 4.78 is 12.3. The maximum absolute atomic E-state index is 13.7. The van der Waals surface area contributed by atoms with E-state index in [-0.39, 0.29) is 30.9 Å². The maximum atomic E-state index is 13.7. The Hall–Kier alpha value is -1.85. The minimum Gasteiger partial charge on any atom is -0.465 e. The molecule has 3 aliphatic rings. The number of piperazine rings is 1. The molecular weight excluding hydrogens is 451 g/mol. The number of nitrogens with one attached hydrogen (secondary N) is 2. The Balaban J connectivity index is 1.85. The van der Waals surface area contributed by atoms with E-state index in [4.69, 9.17) is 9.31 Å². The Kier molecular flexibility index (Phi) is 7.57. The normalized spacial score (nSPS) is 30.2. The summed E-state index contributed by atoms with van der Waals surface area (Å²) in [7, 11) is -0.349. The highest BCUT2D eigenvalue weighted by Crippen LogP contribution is 2.42. The van der Waals surface area contributed by atoms with Crippen molar-refractivity contribution in [3.05, 3.63) is 0 Å². The van der Waals surface area contributed by atoms with Gasteiger partial charge in [-0.25, -0.2) is 4.79 Å². The first-order valence-corrected chi connectivity index (χ1v) is 12.7. The third kappa shape index (κ3) is 5.78. The Morgan fingerprint density at radius 3 is 2.20 bits per heavy atom. The molecule has 198 valence electrons. The fourth-order valence-electron chi connectivity index (χ4n) is 5.59. The van der Waals surface area contributed by atoms with Crippen LogP contribution >= 0.6 is 0 Å². The first kappa shape index (κ1) is 27.7. The molecule has 3 unspecified atom stereocenters. The van der Waals surface area contributed by atoms with Crippen molar-refractivity contribution in [2.24, 2.45) is 5.92 Å². The molecule has 3 atom stereocenters. The number of carbonyl (C=O) groups excluding carboxylic acids is 2. The molecule has 10 nitrogen and oxygen atoms in total. The summed E-state index contributed by atoms with van der Waals surface area (Å²) in [5.74, 6) is -0.768. The highest BCUT2D eigenvalue weighted by Gasteiger charge is 2.59. The van der Waals surface area contributed by atoms with Crippen LogP contribution in [0.1, 0.15) is 68.2 Å². The lowest BCUT2D eigenvalue weighted by atomic mass is 9.74. The van der Waals surface area contributed by atoms with E-state index in [1.165, 1.54) is 11.8 Å². The fraction of sp³-hybridized carbons (Fsp3) is 0.875. The molecule has 0 aromatic carbocycles. The summed E-state index contributed by atoms with van der Waals surface area (Å²) >= 11 is 0. The van der Waals surface area contributed by atoms with Crippen LogP contribution in [0.4, 0.5) is 4.79 Å². The van der Waals surface area contributed by atoms with Crippen LogP contribution in [0.3, 0.4) is 0 Å². The number of carbonyl (C=O) groups is 3. The molecule has 3 saturated heterocycles. The van der Waals surface area contributed by atoms with Gasteiger partial charge in [-0.05, 0) is 61.2 Å². The van der Waals surface area contributed by atoms with Gasteiger partial charge in [0, 0.05) is 50.6 Å². The van der Waals surface area contributed by atoms with Crippen molar-refractivity contribution in [2.45, 2.75) is 103 Å². The Bertz CT molecular complexity index is 828. The second-order valence-electron chi connectivity index (χ2n) is 12.3. The van der Waals surface area contributed by atoms with Crippen molar-refractivity contribution in [2.75, 3.05) is 26.2 Å². The van der Waals surface area contributed by atoms with Gasteiger partial charge < -0.3 is 29.9 Å². The molecule has 3 aliphatic heterocycles. The van der Waals surface area contributed by atoms with Crippen molar-refractivity contribution < 1.29 is 28.8 Å². The zero-order valence-corrected chi connectivity index (χ0v) is 22.6. The van der Waals surface area contributed by atoms with Gasteiger partial charge in [-0.1, -0.05) is 6.42 Å². The van der Waals surface area contributed by atoms with Crippen molar-refractivity contribution in [1.82, 2.24) is 20.4 Å². The Morgan fingerprint density at radius 2 is 1.69 bits per heavy atom. The summed E-state index contributed by atoms with van der Waals surface area (Å²) in [6.07, 6.45) is 1.02. The molecule has 0 bridgehead atoms. The van der Waals surface area contributed by atoms with Crippen LogP contribution in [0.15, 0.2) is 0 Å². The van der Waals surface area contributed by atoms with E-state index in [0.29, 0.717) is 45.3 Å². The molecule has 0 spiro atoms. The van der Waals surface area contributed by atoms with Crippen LogP contribution in [0.2, 0.25) is 6.32 Å². The average Bonchev–Trinajstić information content (AvgIpc) is 3.09. The molecule has 3 amide bonds. The Morgan fingerprint density at radius 1 is 1.09 bits per heavy atom. The van der Waals surface area contributed by atoms with Gasteiger partial charge in [0.05, 0.1) is 11.2 Å². The first-order valence-electron chi connectivity index (χ1n) is 12.7. The summed E-state index contributed by atoms with van der Waals surface area (Å²) in [4.78, 5) is 41.4. The number of hydrogen-bond acceptors (Lipinski definition) is 6. The van der Waals surface area contributed by atoms with E-state index in [1.54, 1.807) is 0 Å². The summed E-state index contributed by atoms with van der Waals surface area (Å²) in [5.41, 5.74) is -2.46. The van der Waals surface area contributed by atoms with Crippen molar-refractivity contribution in [3.8, 4) is 0 Å². The highest BCUT2D eigenvalue weighted by atomic mass is 16.7. The predicted molar refractivity (Wildman–Crippen MR) is 133 cm³/mol. The van der Waals surface area contributed by atoms with Gasteiger partial charge in [-0.15, -0.1) is 0 Å². The van der Waals surface area contributed by atoms with Gasteiger partial charge >= 0.3 is 13.2 Å². The summed E-state index contributed by atoms with van der Waals surface area (Å²) in [5, 5.41) is 15.7. The van der Waals surface area contributed by atoms with Crippen LogP contribution in [0.25, 0.3) is 0 Å². The largest absolute Gasteiger partial charge is 0.465 e. The quantitative estimate of drug-likeness (QED) is 0.483. The molecule has 35 heavy (non-hydrogen) atoms. The van der Waals surface area contributed by atoms with E-state index in [1.807, 2.05) is 48.5 Å². The van der Waals surface area contributed by atoms with Crippen LogP contribution < -0.4 is 10.6 Å². The number of fused-ring (bicyclic) bond motifs is 1. The zero-order chi connectivity index (χ0) is 26.4. The lowest BCUT2D eigenvalue weighted by Gasteiger charge is -2.40. The third-order valence-corrected chi connectivity index (χ3v) is 7.90. The average molecular weight is 494 g/mol. The molecule has 0 radical (unpaired) electrons. The van der Waals surface area contributed by atoms with E-state index in [0.717, 1.165) is 0 Å². The smallest absolute Gasteiger partial charge is 0.457 e. The van der Waals surface area contributed by atoms with E-state index in [2.05, 4.69) is 15.5 Å². The Labute approximate surface area is 209 Å². The van der Waals surface area contributed by atoms with Crippen molar-refractivity contribution in [1.29, 1.82) is 0 Å². The second kappa shape index (κ2) is 9.55. The standard InChI is InChI=1S/C24H43BN4O6/c1-16(30)26-24(19(31)27-21(2,3)4)15-29-13-12-28(20(32)33)14-18(29)17(24)10-9-11-25-34-22(5,6)23(7,8)35-25/h17-18H,9-15H2,1-8H3,(H,26,30)(H,27,31)(H,32,33). The lowest BCUT2D eigenvalue weighted by molar-refractivity contribution is -0.135. The number of nitrogens with zero attached hydrogens (tertiary/aromatic N) is 2. The molecule has 3 rings (SSSR count). The minimum atomic E-state index is -1.14. The minimum absolute atomic E-state index is 0.171. The molecule has 0 aromatic rings. The maximum Gasteiger partial charge on any atom is 0.457 e. The molecule has 11 heteroatoms. The van der Waals surface area contributed by atoms with Gasteiger partial charge in [0.25, 0.3) is 0 Å². The van der Waals surface area contributed by atoms with Crippen LogP contribution in [-0.4, -0.2) is 94.4 Å². The van der Waals surface area contributed by atoms with Gasteiger partial charge in [-0.3, -0.25) is 14.5 Å². The lowest BCUT2D eigenvalue weighted by Crippen LogP contribution is -2.66. The van der Waals surface area contributed by atoms with Gasteiger partial charge in [0.15, 0.2) is 0 Å². The molecule has 0 saturated carbocycles. The van der Waals surface area contributed by atoms with Gasteiger partial charge in [-0.2, -0.15) is 0 Å². The number of carboxylic acid groups (broad SMARTS) is 1. The predicted octanol–water partition coefficient (Wildman–Crippen LogP) is 1.94. The van der Waals surface area contributed by atoms with Crippen LogP contribution in [0, 0.1) is 5.92 Å². The number of rotatable bonds is 6. The molecule has 0 aliphatic carbocycles. The van der Waals surface area contributed by atoms with E-state index in [9.17, 15) is 19.5 Å². The van der Waals surface area contributed by atoms with Crippen molar-refractivity contribution >= 4 is 25.0 Å². The number of hydrogen-bond donors (Lipinski definition) is 3. The van der Waals surface area contributed by atoms with Crippen LogP contribution in [0.5, 0.6) is 0 Å². The summed E-state index contributed by atoms with van der Waals surface area (Å²) in [6.45, 7) is 16.8. The van der Waals surface area contributed by atoms with Gasteiger partial charge in [0.1, 0.15) is 5.54 Å². The zero-order valence-electron chi connectivity index (χ0n) is 22.6. The summed E-state index contributed by atoms with van der Waals surface area (Å²) in [6, 6.07) is -0.171. The van der Waals surface area contributed by atoms with Gasteiger partial charge in [0.2, 0.25) is 11.8 Å². The first-order chi connectivity index (χ1) is 16.0. The van der Waals surface area contributed by atoms with Crippen molar-refractivity contribution in [3.63, 3.8) is 0 Å². The van der Waals surface area contributed by atoms with E-state index >= 15 is 0 Å². The molecule has 3 heterocycles. The third-order valence-electron chi connectivity index (χ3n) is 7.90. The fourth-order valence-corrected chi connectivity index (χ4v) is 5.59. The van der Waals surface area contributed by atoms with Crippen LogP contribution in [-0.2, 0) is 18.9 Å². The highest BCUT2D eigenvalue weighted by molar-refractivity contribution is 6.45. The molecule has 0 aromatic heterocycles. The van der Waals surface area contributed by atoms with E-state index < -0.39 is 28.4 Å². The molecule has 3 N–H and O–H groups in total.